The van der Waals surface area contributed by atoms with Gasteiger partial charge in [-0.05, 0) is 32.0 Å². The van der Waals surface area contributed by atoms with E-state index in [9.17, 15) is 4.79 Å². The van der Waals surface area contributed by atoms with Crippen LogP contribution >= 0.6 is 0 Å². The molecule has 13 heavy (non-hydrogen) atoms. The standard InChI is InChI=1S/C10H22O2Si/c1-6-13(7-2,8-3)12-10(5)9(4)11/h10H,6-8H2,1-5H3. The molecule has 0 N–H and O–H groups in total. The number of hydrogen-bond acceptors (Lipinski definition) is 2. The van der Waals surface area contributed by atoms with E-state index in [-0.39, 0.29) is 11.9 Å². The number of rotatable bonds is 6. The van der Waals surface area contributed by atoms with Crippen molar-refractivity contribution in [1.82, 2.24) is 0 Å². The zero-order valence-corrected chi connectivity index (χ0v) is 10.5. The lowest BCUT2D eigenvalue weighted by Crippen LogP contribution is -2.41. The zero-order valence-electron chi connectivity index (χ0n) is 9.52. The van der Waals surface area contributed by atoms with Crippen LogP contribution in [0.2, 0.25) is 18.1 Å². The summed E-state index contributed by atoms with van der Waals surface area (Å²) in [6.45, 7) is 9.99. The maximum Gasteiger partial charge on any atom is 0.193 e. The molecule has 0 saturated heterocycles. The molecule has 0 fully saturated rings. The van der Waals surface area contributed by atoms with Crippen molar-refractivity contribution >= 4 is 14.1 Å². The second-order valence-electron chi connectivity index (χ2n) is 3.61. The first-order chi connectivity index (χ1) is 6.01. The predicted molar refractivity (Wildman–Crippen MR) is 58.4 cm³/mol. The van der Waals surface area contributed by atoms with Gasteiger partial charge >= 0.3 is 0 Å². The van der Waals surface area contributed by atoms with E-state index in [4.69, 9.17) is 4.43 Å². The average Bonchev–Trinajstić information content (AvgIpc) is 2.14. The third kappa shape index (κ3) is 3.61. The zero-order chi connectivity index (χ0) is 10.5. The molecule has 0 aromatic heterocycles. The van der Waals surface area contributed by atoms with Crippen molar-refractivity contribution in [1.29, 1.82) is 0 Å². The molecular formula is C10H22O2Si. The van der Waals surface area contributed by atoms with Gasteiger partial charge in [0.1, 0.15) is 6.10 Å². The lowest BCUT2D eigenvalue weighted by molar-refractivity contribution is -0.123. The molecule has 3 heteroatoms. The Labute approximate surface area is 82.8 Å². The number of carbonyl (C=O) groups excluding carboxylic acids is 1. The van der Waals surface area contributed by atoms with Gasteiger partial charge in [-0.2, -0.15) is 0 Å². The molecule has 0 aromatic rings. The number of hydrogen-bond donors (Lipinski definition) is 0. The third-order valence-electron chi connectivity index (χ3n) is 2.93. The Balaban J connectivity index is 4.32. The Hall–Kier alpha value is -0.153. The van der Waals surface area contributed by atoms with E-state index < -0.39 is 8.32 Å². The van der Waals surface area contributed by atoms with Crippen molar-refractivity contribution in [2.24, 2.45) is 0 Å². The summed E-state index contributed by atoms with van der Waals surface area (Å²) in [6.07, 6.45) is -0.202. The van der Waals surface area contributed by atoms with Crippen molar-refractivity contribution in [2.45, 2.75) is 58.9 Å². The monoisotopic (exact) mass is 202 g/mol. The van der Waals surface area contributed by atoms with Crippen molar-refractivity contribution in [3.05, 3.63) is 0 Å². The van der Waals surface area contributed by atoms with Crippen LogP contribution in [0.25, 0.3) is 0 Å². The summed E-state index contributed by atoms with van der Waals surface area (Å²) in [6, 6.07) is 3.33. The van der Waals surface area contributed by atoms with E-state index in [0.717, 1.165) is 18.1 Å². The van der Waals surface area contributed by atoms with Crippen LogP contribution in [0.3, 0.4) is 0 Å². The maximum atomic E-state index is 11.1. The minimum atomic E-state index is -1.56. The Kier molecular flexibility index (Phi) is 5.49. The molecule has 0 spiro atoms. The first-order valence-corrected chi connectivity index (χ1v) is 7.72. The topological polar surface area (TPSA) is 26.3 Å². The molecule has 0 aliphatic rings. The van der Waals surface area contributed by atoms with Gasteiger partial charge in [-0.3, -0.25) is 4.79 Å². The lowest BCUT2D eigenvalue weighted by atomic mass is 10.3. The second kappa shape index (κ2) is 5.55. The molecule has 1 atom stereocenters. The van der Waals surface area contributed by atoms with E-state index in [2.05, 4.69) is 20.8 Å². The molecule has 2 nitrogen and oxygen atoms in total. The minimum Gasteiger partial charge on any atom is -0.407 e. The van der Waals surface area contributed by atoms with Crippen molar-refractivity contribution in [2.75, 3.05) is 0 Å². The van der Waals surface area contributed by atoms with Crippen molar-refractivity contribution < 1.29 is 9.22 Å². The Morgan fingerprint density at radius 2 is 1.62 bits per heavy atom. The van der Waals surface area contributed by atoms with Crippen molar-refractivity contribution in [3.63, 3.8) is 0 Å². The highest BCUT2D eigenvalue weighted by Gasteiger charge is 2.31. The molecule has 0 aliphatic carbocycles. The fourth-order valence-corrected chi connectivity index (χ4v) is 4.37. The highest BCUT2D eigenvalue weighted by atomic mass is 28.4. The molecule has 78 valence electrons. The normalized spacial score (nSPS) is 14.2. The van der Waals surface area contributed by atoms with Gasteiger partial charge < -0.3 is 4.43 Å². The molecule has 0 amide bonds. The SMILES string of the molecule is CC[Si](CC)(CC)OC(C)C(C)=O. The summed E-state index contributed by atoms with van der Waals surface area (Å²) >= 11 is 0. The average molecular weight is 202 g/mol. The Bertz CT molecular complexity index is 156. The van der Waals surface area contributed by atoms with Crippen LogP contribution in [0.5, 0.6) is 0 Å². The fourth-order valence-electron chi connectivity index (χ4n) is 1.46. The summed E-state index contributed by atoms with van der Waals surface area (Å²) in [7, 11) is -1.56. The van der Waals surface area contributed by atoms with Gasteiger partial charge in [-0.25, -0.2) is 0 Å². The smallest absolute Gasteiger partial charge is 0.193 e. The highest BCUT2D eigenvalue weighted by Crippen LogP contribution is 2.23. The van der Waals surface area contributed by atoms with Gasteiger partial charge in [0, 0.05) is 0 Å². The van der Waals surface area contributed by atoms with Crippen LogP contribution in [0.1, 0.15) is 34.6 Å². The molecule has 0 bridgehead atoms. The van der Waals surface area contributed by atoms with Crippen LogP contribution in [-0.4, -0.2) is 20.2 Å². The van der Waals surface area contributed by atoms with Crippen LogP contribution in [0, 0.1) is 0 Å². The van der Waals surface area contributed by atoms with Gasteiger partial charge in [-0.1, -0.05) is 20.8 Å². The number of carbonyl (C=O) groups is 1. The summed E-state index contributed by atoms with van der Waals surface area (Å²) < 4.78 is 5.94. The Morgan fingerprint density at radius 3 is 1.85 bits per heavy atom. The van der Waals surface area contributed by atoms with Crippen LogP contribution in [-0.2, 0) is 9.22 Å². The molecule has 1 unspecified atom stereocenters. The minimum absolute atomic E-state index is 0.146. The fraction of sp³-hybridized carbons (Fsp3) is 0.900. The first kappa shape index (κ1) is 12.8. The highest BCUT2D eigenvalue weighted by molar-refractivity contribution is 6.73. The quantitative estimate of drug-likeness (QED) is 0.619. The third-order valence-corrected chi connectivity index (χ3v) is 7.65. The van der Waals surface area contributed by atoms with Gasteiger partial charge in [0.2, 0.25) is 0 Å². The van der Waals surface area contributed by atoms with Gasteiger partial charge in [0.15, 0.2) is 14.1 Å². The van der Waals surface area contributed by atoms with Crippen molar-refractivity contribution in [3.8, 4) is 0 Å². The van der Waals surface area contributed by atoms with E-state index in [1.807, 2.05) is 6.92 Å². The molecule has 0 aromatic carbocycles. The molecule has 0 radical (unpaired) electrons. The second-order valence-corrected chi connectivity index (χ2v) is 8.34. The van der Waals surface area contributed by atoms with Crippen LogP contribution in [0.4, 0.5) is 0 Å². The predicted octanol–water partition coefficient (Wildman–Crippen LogP) is 2.99. The number of Topliss-reactive ketones (excluding diaryl/α,β-unsaturated/α-hetero) is 1. The largest absolute Gasteiger partial charge is 0.407 e. The van der Waals surface area contributed by atoms with E-state index >= 15 is 0 Å². The molecule has 0 aliphatic heterocycles. The maximum absolute atomic E-state index is 11.1. The van der Waals surface area contributed by atoms with Gasteiger partial charge in [0.05, 0.1) is 0 Å². The summed E-state index contributed by atoms with van der Waals surface area (Å²) in [5.74, 6) is 0.146. The van der Waals surface area contributed by atoms with Gasteiger partial charge in [-0.15, -0.1) is 0 Å². The lowest BCUT2D eigenvalue weighted by Gasteiger charge is -2.30. The van der Waals surface area contributed by atoms with Crippen LogP contribution in [0.15, 0.2) is 0 Å². The van der Waals surface area contributed by atoms with Gasteiger partial charge in [0.25, 0.3) is 0 Å². The Morgan fingerprint density at radius 1 is 1.23 bits per heavy atom. The van der Waals surface area contributed by atoms with E-state index in [0.29, 0.717) is 0 Å². The molecule has 0 heterocycles. The summed E-state index contributed by atoms with van der Waals surface area (Å²) in [5, 5.41) is 0. The molecule has 0 saturated carbocycles. The van der Waals surface area contributed by atoms with E-state index in [1.54, 1.807) is 6.92 Å². The number of ketones is 1. The van der Waals surface area contributed by atoms with E-state index in [1.165, 1.54) is 0 Å². The molecule has 0 rings (SSSR count). The first-order valence-electron chi connectivity index (χ1n) is 5.19. The summed E-state index contributed by atoms with van der Waals surface area (Å²) in [5.41, 5.74) is 0. The van der Waals surface area contributed by atoms with Crippen LogP contribution < -0.4 is 0 Å². The molecular weight excluding hydrogens is 180 g/mol. The summed E-state index contributed by atoms with van der Waals surface area (Å²) in [4.78, 5) is 11.1.